The number of nitrogens with one attached hydrogen (secondary N) is 1. The third kappa shape index (κ3) is 6.72. The molecule has 3 N–H and O–H groups in total. The van der Waals surface area contributed by atoms with Gasteiger partial charge in [-0.15, -0.1) is 0 Å². The quantitative estimate of drug-likeness (QED) is 0.121. The lowest BCUT2D eigenvalue weighted by Gasteiger charge is -2.18. The predicted octanol–water partition coefficient (Wildman–Crippen LogP) is 6.54. The summed E-state index contributed by atoms with van der Waals surface area (Å²) in [7, 11) is 1.80. The van der Waals surface area contributed by atoms with E-state index in [0.717, 1.165) is 44.1 Å². The summed E-state index contributed by atoms with van der Waals surface area (Å²) in [4.78, 5) is 35.6. The molecule has 0 saturated heterocycles. The highest BCUT2D eigenvalue weighted by Gasteiger charge is 2.25. The van der Waals surface area contributed by atoms with Crippen molar-refractivity contribution in [2.24, 2.45) is 7.05 Å². The number of aryl methyl sites for hydroxylation is 1. The standard InChI is InChI=1S/C34H36FN7O3/c1-3-4-5-6-10-31(43)45-20-26-25(28-17-30(36)40-34(39-28)38-24-18-37-41(2)19-24)8-7-9-29(26)42-14-13-22-15-23(21-11-12-21)16-27(35)32(22)33(42)44/h7-9,13-19,21H,3-6,10-12,20H2,1-2H3,(H3,36,38,39,40). The van der Waals surface area contributed by atoms with Crippen LogP contribution in [0.15, 0.2) is 65.8 Å². The van der Waals surface area contributed by atoms with Gasteiger partial charge in [0.25, 0.3) is 5.56 Å². The molecule has 1 aliphatic rings. The first-order valence-corrected chi connectivity index (χ1v) is 15.3. The molecular formula is C34H36FN7O3. The third-order valence-corrected chi connectivity index (χ3v) is 8.03. The van der Waals surface area contributed by atoms with E-state index in [1.165, 1.54) is 10.6 Å². The van der Waals surface area contributed by atoms with Gasteiger partial charge in [0.1, 0.15) is 18.2 Å². The van der Waals surface area contributed by atoms with Crippen LogP contribution < -0.4 is 16.6 Å². The lowest BCUT2D eigenvalue weighted by molar-refractivity contribution is -0.145. The second-order valence-electron chi connectivity index (χ2n) is 11.5. The molecule has 3 heterocycles. The number of rotatable bonds is 12. The summed E-state index contributed by atoms with van der Waals surface area (Å²) in [5.41, 5.74) is 9.32. The van der Waals surface area contributed by atoms with Gasteiger partial charge in [0.05, 0.1) is 28.7 Å². The van der Waals surface area contributed by atoms with Crippen molar-refractivity contribution in [2.75, 3.05) is 11.1 Å². The second-order valence-corrected chi connectivity index (χ2v) is 11.5. The summed E-state index contributed by atoms with van der Waals surface area (Å²) in [6.07, 6.45) is 11.2. The summed E-state index contributed by atoms with van der Waals surface area (Å²) in [6, 6.07) is 12.1. The van der Waals surface area contributed by atoms with E-state index >= 15 is 4.39 Å². The highest BCUT2D eigenvalue weighted by Crippen LogP contribution is 2.41. The number of benzene rings is 2. The van der Waals surface area contributed by atoms with Crippen molar-refractivity contribution in [3.05, 3.63) is 88.4 Å². The maximum absolute atomic E-state index is 15.4. The van der Waals surface area contributed by atoms with E-state index in [1.54, 1.807) is 54.6 Å². The third-order valence-electron chi connectivity index (χ3n) is 8.03. The molecule has 1 fully saturated rings. The number of nitrogens with two attached hydrogens (primary N) is 1. The number of nitrogen functional groups attached to an aromatic ring is 1. The molecule has 11 heteroatoms. The zero-order chi connectivity index (χ0) is 31.5. The highest BCUT2D eigenvalue weighted by atomic mass is 19.1. The van der Waals surface area contributed by atoms with Crippen LogP contribution in [0.2, 0.25) is 0 Å². The van der Waals surface area contributed by atoms with Crippen LogP contribution in [-0.2, 0) is 23.2 Å². The lowest BCUT2D eigenvalue weighted by atomic mass is 10.0. The van der Waals surface area contributed by atoms with Crippen LogP contribution in [0.5, 0.6) is 0 Å². The Kier molecular flexibility index (Phi) is 8.59. The number of ether oxygens (including phenoxy) is 1. The smallest absolute Gasteiger partial charge is 0.306 e. The fourth-order valence-electron chi connectivity index (χ4n) is 5.58. The number of aromatic nitrogens is 5. The van der Waals surface area contributed by atoms with Crippen molar-refractivity contribution < 1.29 is 13.9 Å². The van der Waals surface area contributed by atoms with E-state index in [1.807, 2.05) is 12.1 Å². The van der Waals surface area contributed by atoms with Crippen molar-refractivity contribution >= 4 is 34.2 Å². The van der Waals surface area contributed by atoms with E-state index in [2.05, 4.69) is 22.3 Å². The molecule has 2 aromatic carbocycles. The molecule has 1 aliphatic carbocycles. The molecule has 0 aliphatic heterocycles. The van der Waals surface area contributed by atoms with Crippen LogP contribution in [0.3, 0.4) is 0 Å². The minimum atomic E-state index is -0.542. The summed E-state index contributed by atoms with van der Waals surface area (Å²) in [6.45, 7) is 1.99. The van der Waals surface area contributed by atoms with Gasteiger partial charge in [-0.3, -0.25) is 18.8 Å². The Balaban J connectivity index is 1.42. The number of carbonyl (C=O) groups excluding carboxylic acids is 1. The van der Waals surface area contributed by atoms with Crippen LogP contribution in [0.1, 0.15) is 68.9 Å². The SMILES string of the molecule is CCCCCCC(=O)OCc1c(-c2cc(N)nc(Nc3cnn(C)c3)n2)cccc1-n1ccc2cc(C3CC3)cc(F)c2c1=O. The van der Waals surface area contributed by atoms with Gasteiger partial charge in [-0.1, -0.05) is 44.4 Å². The van der Waals surface area contributed by atoms with Gasteiger partial charge >= 0.3 is 5.97 Å². The van der Waals surface area contributed by atoms with Crippen molar-refractivity contribution in [1.29, 1.82) is 0 Å². The molecule has 232 valence electrons. The largest absolute Gasteiger partial charge is 0.461 e. The Morgan fingerprint density at radius 1 is 1.13 bits per heavy atom. The number of anilines is 3. The van der Waals surface area contributed by atoms with Gasteiger partial charge in [-0.05, 0) is 54.3 Å². The average Bonchev–Trinajstić information content (AvgIpc) is 3.79. The molecule has 0 unspecified atom stereocenters. The first-order valence-electron chi connectivity index (χ1n) is 15.3. The summed E-state index contributed by atoms with van der Waals surface area (Å²) in [5, 5.41) is 7.84. The summed E-state index contributed by atoms with van der Waals surface area (Å²) >= 11 is 0. The number of nitrogens with zero attached hydrogens (tertiary/aromatic N) is 5. The Morgan fingerprint density at radius 2 is 1.98 bits per heavy atom. The number of hydrogen-bond acceptors (Lipinski definition) is 8. The van der Waals surface area contributed by atoms with Crippen LogP contribution in [0.25, 0.3) is 27.7 Å². The number of unbranched alkanes of at least 4 members (excludes halogenated alkanes) is 3. The maximum Gasteiger partial charge on any atom is 0.306 e. The fourth-order valence-corrected chi connectivity index (χ4v) is 5.58. The number of pyridine rings is 1. The van der Waals surface area contributed by atoms with Crippen LogP contribution >= 0.6 is 0 Å². The molecule has 5 aromatic rings. The topological polar surface area (TPSA) is 130 Å². The molecule has 1 saturated carbocycles. The van der Waals surface area contributed by atoms with Gasteiger partial charge in [0.2, 0.25) is 5.95 Å². The molecule has 0 radical (unpaired) electrons. The Labute approximate surface area is 260 Å². The van der Waals surface area contributed by atoms with E-state index in [9.17, 15) is 9.59 Å². The van der Waals surface area contributed by atoms with E-state index in [4.69, 9.17) is 15.5 Å². The molecule has 0 spiro atoms. The van der Waals surface area contributed by atoms with Crippen molar-refractivity contribution in [1.82, 2.24) is 24.3 Å². The van der Waals surface area contributed by atoms with Gasteiger partial charge in [0.15, 0.2) is 0 Å². The number of hydrogen-bond donors (Lipinski definition) is 2. The number of carbonyl (C=O) groups is 1. The van der Waals surface area contributed by atoms with E-state index in [-0.39, 0.29) is 29.7 Å². The summed E-state index contributed by atoms with van der Waals surface area (Å²) in [5.74, 6) is -0.0629. The minimum Gasteiger partial charge on any atom is -0.461 e. The Morgan fingerprint density at radius 3 is 2.73 bits per heavy atom. The van der Waals surface area contributed by atoms with Crippen molar-refractivity contribution in [3.8, 4) is 16.9 Å². The summed E-state index contributed by atoms with van der Waals surface area (Å²) < 4.78 is 24.2. The van der Waals surface area contributed by atoms with Crippen LogP contribution in [-0.4, -0.2) is 30.3 Å². The first kappa shape index (κ1) is 30.0. The normalized spacial score (nSPS) is 12.9. The zero-order valence-electron chi connectivity index (χ0n) is 25.4. The van der Waals surface area contributed by atoms with Crippen LogP contribution in [0.4, 0.5) is 21.8 Å². The monoisotopic (exact) mass is 609 g/mol. The number of fused-ring (bicyclic) bond motifs is 1. The van der Waals surface area contributed by atoms with E-state index in [0.29, 0.717) is 45.9 Å². The first-order chi connectivity index (χ1) is 21.8. The van der Waals surface area contributed by atoms with Gasteiger partial charge in [-0.2, -0.15) is 10.1 Å². The van der Waals surface area contributed by atoms with E-state index < -0.39 is 11.4 Å². The molecule has 0 amide bonds. The Bertz CT molecular complexity index is 1930. The molecule has 0 atom stereocenters. The van der Waals surface area contributed by atoms with Gasteiger partial charge in [-0.25, -0.2) is 9.37 Å². The molecular weight excluding hydrogens is 573 g/mol. The predicted molar refractivity (Wildman–Crippen MR) is 172 cm³/mol. The molecule has 45 heavy (non-hydrogen) atoms. The van der Waals surface area contributed by atoms with Gasteiger partial charge < -0.3 is 15.8 Å². The fraction of sp³-hybridized carbons (Fsp3) is 0.324. The lowest BCUT2D eigenvalue weighted by Crippen LogP contribution is -2.21. The minimum absolute atomic E-state index is 0.0143. The molecule has 0 bridgehead atoms. The highest BCUT2D eigenvalue weighted by molar-refractivity contribution is 5.84. The second kappa shape index (κ2) is 12.9. The molecule has 6 rings (SSSR count). The van der Waals surface area contributed by atoms with Crippen molar-refractivity contribution in [2.45, 2.75) is 64.4 Å². The van der Waals surface area contributed by atoms with Crippen LogP contribution in [0, 0.1) is 5.82 Å². The molecule has 3 aromatic heterocycles. The Hall–Kier alpha value is -5.06. The number of esters is 1. The zero-order valence-corrected chi connectivity index (χ0v) is 25.4. The average molecular weight is 610 g/mol. The van der Waals surface area contributed by atoms with Gasteiger partial charge in [0, 0.05) is 43.1 Å². The maximum atomic E-state index is 15.4. The van der Waals surface area contributed by atoms with Crippen molar-refractivity contribution in [3.63, 3.8) is 0 Å². The number of halogens is 1. The molecule has 10 nitrogen and oxygen atoms in total.